The number of rotatable bonds is 4. The first-order valence-electron chi connectivity index (χ1n) is 6.21. The van der Waals surface area contributed by atoms with E-state index in [1.165, 1.54) is 6.07 Å². The standard InChI is InChI=1S/C15H15F3N2/c16-15(17,18)13-10-12(6-7-14(13)19)20-9-8-11-4-2-1-3-5-11/h1-7,10,20H,8-9,19H2. The summed E-state index contributed by atoms with van der Waals surface area (Å²) in [5.74, 6) is 0. The first kappa shape index (κ1) is 14.2. The molecule has 106 valence electrons. The van der Waals surface area contributed by atoms with Crippen LogP contribution < -0.4 is 11.1 Å². The normalized spacial score (nSPS) is 11.3. The molecule has 3 N–H and O–H groups in total. The number of anilines is 2. The van der Waals surface area contributed by atoms with Gasteiger partial charge >= 0.3 is 6.18 Å². The highest BCUT2D eigenvalue weighted by Gasteiger charge is 2.33. The molecule has 2 nitrogen and oxygen atoms in total. The molecule has 0 unspecified atom stereocenters. The highest BCUT2D eigenvalue weighted by atomic mass is 19.4. The lowest BCUT2D eigenvalue weighted by Crippen LogP contribution is -2.11. The third-order valence-electron chi connectivity index (χ3n) is 2.94. The van der Waals surface area contributed by atoms with E-state index in [1.807, 2.05) is 30.3 Å². The minimum absolute atomic E-state index is 0.258. The van der Waals surface area contributed by atoms with Crippen molar-refractivity contribution in [2.24, 2.45) is 0 Å². The van der Waals surface area contributed by atoms with Crippen molar-refractivity contribution in [1.82, 2.24) is 0 Å². The second-order valence-corrected chi connectivity index (χ2v) is 4.46. The fourth-order valence-electron chi connectivity index (χ4n) is 1.91. The molecule has 0 aliphatic rings. The minimum atomic E-state index is -4.43. The van der Waals surface area contributed by atoms with Crippen LogP contribution in [0.25, 0.3) is 0 Å². The van der Waals surface area contributed by atoms with Gasteiger partial charge in [-0.15, -0.1) is 0 Å². The van der Waals surface area contributed by atoms with Gasteiger partial charge in [0.25, 0.3) is 0 Å². The molecule has 0 atom stereocenters. The fraction of sp³-hybridized carbons (Fsp3) is 0.200. The van der Waals surface area contributed by atoms with Crippen molar-refractivity contribution in [3.8, 4) is 0 Å². The number of nitrogens with one attached hydrogen (secondary N) is 1. The first-order valence-corrected chi connectivity index (χ1v) is 6.21. The van der Waals surface area contributed by atoms with Crippen molar-refractivity contribution < 1.29 is 13.2 Å². The van der Waals surface area contributed by atoms with Crippen molar-refractivity contribution in [3.05, 3.63) is 59.7 Å². The Morgan fingerprint density at radius 2 is 1.70 bits per heavy atom. The van der Waals surface area contributed by atoms with E-state index in [1.54, 1.807) is 6.07 Å². The molecular weight excluding hydrogens is 265 g/mol. The van der Waals surface area contributed by atoms with E-state index >= 15 is 0 Å². The van der Waals surface area contributed by atoms with Crippen LogP contribution in [0.2, 0.25) is 0 Å². The van der Waals surface area contributed by atoms with Gasteiger partial charge < -0.3 is 11.1 Å². The van der Waals surface area contributed by atoms with E-state index in [-0.39, 0.29) is 5.69 Å². The van der Waals surface area contributed by atoms with Crippen LogP contribution in [0.5, 0.6) is 0 Å². The molecule has 0 spiro atoms. The van der Waals surface area contributed by atoms with Gasteiger partial charge in [0.2, 0.25) is 0 Å². The lowest BCUT2D eigenvalue weighted by molar-refractivity contribution is -0.136. The van der Waals surface area contributed by atoms with Crippen molar-refractivity contribution in [3.63, 3.8) is 0 Å². The SMILES string of the molecule is Nc1ccc(NCCc2ccccc2)cc1C(F)(F)F. The summed E-state index contributed by atoms with van der Waals surface area (Å²) in [5, 5.41) is 2.98. The maximum Gasteiger partial charge on any atom is 0.418 e. The molecule has 0 saturated carbocycles. The molecule has 0 saturated heterocycles. The monoisotopic (exact) mass is 280 g/mol. The van der Waals surface area contributed by atoms with Crippen molar-refractivity contribution in [1.29, 1.82) is 0 Å². The van der Waals surface area contributed by atoms with Crippen LogP contribution in [0.1, 0.15) is 11.1 Å². The lowest BCUT2D eigenvalue weighted by atomic mass is 10.1. The van der Waals surface area contributed by atoms with E-state index in [0.29, 0.717) is 12.2 Å². The molecule has 2 rings (SSSR count). The van der Waals surface area contributed by atoms with Crippen molar-refractivity contribution in [2.45, 2.75) is 12.6 Å². The zero-order valence-electron chi connectivity index (χ0n) is 10.7. The zero-order chi connectivity index (χ0) is 14.6. The topological polar surface area (TPSA) is 38.0 Å². The van der Waals surface area contributed by atoms with Gasteiger partial charge in [0, 0.05) is 17.9 Å². The Balaban J connectivity index is 2.00. The summed E-state index contributed by atoms with van der Waals surface area (Å²) in [4.78, 5) is 0. The van der Waals surface area contributed by atoms with Crippen LogP contribution in [0.15, 0.2) is 48.5 Å². The van der Waals surface area contributed by atoms with Gasteiger partial charge in [-0.05, 0) is 30.2 Å². The maximum atomic E-state index is 12.7. The van der Waals surface area contributed by atoms with Gasteiger partial charge in [-0.3, -0.25) is 0 Å². The highest BCUT2D eigenvalue weighted by Crippen LogP contribution is 2.35. The molecule has 0 heterocycles. The Hall–Kier alpha value is -2.17. The molecule has 0 bridgehead atoms. The van der Waals surface area contributed by atoms with E-state index in [4.69, 9.17) is 5.73 Å². The Morgan fingerprint density at radius 3 is 2.35 bits per heavy atom. The number of nitrogens with two attached hydrogens (primary N) is 1. The lowest BCUT2D eigenvalue weighted by Gasteiger charge is -2.13. The average Bonchev–Trinajstić information content (AvgIpc) is 2.40. The zero-order valence-corrected chi connectivity index (χ0v) is 10.7. The number of alkyl halides is 3. The largest absolute Gasteiger partial charge is 0.418 e. The molecule has 2 aromatic rings. The predicted octanol–water partition coefficient (Wildman–Crippen LogP) is 3.94. The van der Waals surface area contributed by atoms with Crippen LogP contribution in [0.3, 0.4) is 0 Å². The third kappa shape index (κ3) is 3.66. The summed E-state index contributed by atoms with van der Waals surface area (Å²) >= 11 is 0. The van der Waals surface area contributed by atoms with E-state index in [0.717, 1.165) is 18.1 Å². The van der Waals surface area contributed by atoms with E-state index < -0.39 is 11.7 Å². The van der Waals surface area contributed by atoms with Gasteiger partial charge in [-0.25, -0.2) is 0 Å². The smallest absolute Gasteiger partial charge is 0.398 e. The quantitative estimate of drug-likeness (QED) is 0.832. The summed E-state index contributed by atoms with van der Waals surface area (Å²) in [7, 11) is 0. The average molecular weight is 280 g/mol. The molecule has 2 aromatic carbocycles. The van der Waals surface area contributed by atoms with Crippen LogP contribution in [-0.2, 0) is 12.6 Å². The summed E-state index contributed by atoms with van der Waals surface area (Å²) in [6.07, 6.45) is -3.69. The van der Waals surface area contributed by atoms with Gasteiger partial charge in [0.1, 0.15) is 0 Å². The minimum Gasteiger partial charge on any atom is -0.398 e. The molecule has 5 heteroatoms. The molecule has 0 fully saturated rings. The van der Waals surface area contributed by atoms with Crippen LogP contribution in [-0.4, -0.2) is 6.54 Å². The van der Waals surface area contributed by atoms with Crippen molar-refractivity contribution in [2.75, 3.05) is 17.6 Å². The first-order chi connectivity index (χ1) is 9.47. The number of halogens is 3. The molecule has 0 amide bonds. The molecule has 0 radical (unpaired) electrons. The molecule has 0 aliphatic carbocycles. The maximum absolute atomic E-state index is 12.7. The molecule has 0 aromatic heterocycles. The summed E-state index contributed by atoms with van der Waals surface area (Å²) < 4.78 is 38.1. The fourth-order valence-corrected chi connectivity index (χ4v) is 1.91. The number of hydrogen-bond acceptors (Lipinski definition) is 2. The van der Waals surface area contributed by atoms with Gasteiger partial charge in [0.05, 0.1) is 5.56 Å². The predicted molar refractivity (Wildman–Crippen MR) is 74.5 cm³/mol. The van der Waals surface area contributed by atoms with Gasteiger partial charge in [-0.2, -0.15) is 13.2 Å². The summed E-state index contributed by atoms with van der Waals surface area (Å²) in [6.45, 7) is 0.561. The van der Waals surface area contributed by atoms with Crippen LogP contribution in [0.4, 0.5) is 24.5 Å². The van der Waals surface area contributed by atoms with Crippen molar-refractivity contribution >= 4 is 11.4 Å². The summed E-state index contributed by atoms with van der Waals surface area (Å²) in [6, 6.07) is 13.6. The van der Waals surface area contributed by atoms with Gasteiger partial charge in [0.15, 0.2) is 0 Å². The molecule has 20 heavy (non-hydrogen) atoms. The van der Waals surface area contributed by atoms with E-state index in [9.17, 15) is 13.2 Å². The second-order valence-electron chi connectivity index (χ2n) is 4.46. The van der Waals surface area contributed by atoms with Crippen LogP contribution in [0, 0.1) is 0 Å². The number of hydrogen-bond donors (Lipinski definition) is 2. The Bertz CT molecular complexity index is 565. The number of nitrogen functional groups attached to an aromatic ring is 1. The van der Waals surface area contributed by atoms with Gasteiger partial charge in [-0.1, -0.05) is 30.3 Å². The van der Waals surface area contributed by atoms with E-state index in [2.05, 4.69) is 5.32 Å². The third-order valence-corrected chi connectivity index (χ3v) is 2.94. The second kappa shape index (κ2) is 5.86. The molecular formula is C15H15F3N2. The Labute approximate surface area is 115 Å². The highest BCUT2D eigenvalue weighted by molar-refractivity contribution is 5.58. The summed E-state index contributed by atoms with van der Waals surface area (Å²) in [5.41, 5.74) is 5.84. The Kier molecular flexibility index (Phi) is 4.17. The Morgan fingerprint density at radius 1 is 1.00 bits per heavy atom. The molecule has 0 aliphatic heterocycles. The number of benzene rings is 2. The van der Waals surface area contributed by atoms with Crippen LogP contribution >= 0.6 is 0 Å².